The van der Waals surface area contributed by atoms with Crippen molar-refractivity contribution >= 4 is 51.4 Å². The minimum Gasteiger partial charge on any atom is -0.465 e. The van der Waals surface area contributed by atoms with Crippen molar-refractivity contribution in [1.29, 1.82) is 0 Å². The number of hydrogen-bond acceptors (Lipinski definition) is 6. The van der Waals surface area contributed by atoms with Gasteiger partial charge in [-0.05, 0) is 57.8 Å². The summed E-state index contributed by atoms with van der Waals surface area (Å²) in [6.45, 7) is 3.72. The summed E-state index contributed by atoms with van der Waals surface area (Å²) in [5.41, 5.74) is 0.958. The highest BCUT2D eigenvalue weighted by Gasteiger charge is 2.30. The van der Waals surface area contributed by atoms with Gasteiger partial charge >= 0.3 is 13.8 Å². The number of ether oxygens (including phenoxy) is 1. The van der Waals surface area contributed by atoms with Gasteiger partial charge in [0.2, 0.25) is 0 Å². The Hall–Kier alpha value is -0.660. The average molecular weight is 472 g/mol. The second-order valence-electron chi connectivity index (χ2n) is 4.03. The molecule has 0 N–H and O–H groups in total. The van der Waals surface area contributed by atoms with E-state index in [2.05, 4.69) is 36.6 Å². The minimum absolute atomic E-state index is 0.172. The largest absolute Gasteiger partial charge is 0.530 e. The summed E-state index contributed by atoms with van der Waals surface area (Å²) in [5, 5.41) is 0. The summed E-state index contributed by atoms with van der Waals surface area (Å²) in [4.78, 5) is 11.5. The van der Waals surface area contributed by atoms with Gasteiger partial charge in [-0.15, -0.1) is 0 Å². The first-order valence-electron chi connectivity index (χ1n) is 6.69. The number of benzene rings is 1. The molecule has 0 aromatic heterocycles. The van der Waals surface area contributed by atoms with E-state index in [1.807, 2.05) is 0 Å². The molecule has 1 aromatic carbocycles. The van der Waals surface area contributed by atoms with E-state index in [9.17, 15) is 9.36 Å². The van der Waals surface area contributed by atoms with Crippen LogP contribution in [0.3, 0.4) is 0 Å². The Morgan fingerprint density at radius 2 is 1.52 bits per heavy atom. The van der Waals surface area contributed by atoms with Crippen molar-refractivity contribution in [2.24, 2.45) is 0 Å². The third kappa shape index (κ3) is 6.04. The molecule has 0 aliphatic rings. The average Bonchev–Trinajstić information content (AvgIpc) is 2.52. The van der Waals surface area contributed by atoms with Crippen LogP contribution in [0.5, 0.6) is 0 Å². The van der Waals surface area contributed by atoms with E-state index in [-0.39, 0.29) is 19.0 Å². The Labute approximate surface area is 152 Å². The first-order chi connectivity index (χ1) is 10.9. The Morgan fingerprint density at radius 3 is 1.91 bits per heavy atom. The van der Waals surface area contributed by atoms with Gasteiger partial charge in [0.1, 0.15) is 3.39 Å². The third-order valence-electron chi connectivity index (χ3n) is 2.52. The van der Waals surface area contributed by atoms with E-state index in [0.717, 1.165) is 0 Å². The number of rotatable bonds is 8. The highest BCUT2D eigenvalue weighted by atomic mass is 79.9. The van der Waals surface area contributed by atoms with Gasteiger partial charge in [0.05, 0.1) is 25.9 Å². The summed E-state index contributed by atoms with van der Waals surface area (Å²) in [6.07, 6.45) is 0. The lowest BCUT2D eigenvalue weighted by atomic mass is 10.1. The molecular weight excluding hydrogens is 455 g/mol. The lowest BCUT2D eigenvalue weighted by Gasteiger charge is -2.19. The molecular formula is C14H17Br2O6P. The SMILES string of the molecule is CCOP(=O)(OCC)OC(=C(Br)Br)c1ccc(C(=O)OC)cc1. The molecule has 0 atom stereocenters. The summed E-state index contributed by atoms with van der Waals surface area (Å²) in [5.74, 6) is -0.221. The molecule has 0 amide bonds. The summed E-state index contributed by atoms with van der Waals surface area (Å²) in [7, 11) is -2.44. The lowest BCUT2D eigenvalue weighted by molar-refractivity contribution is 0.0600. The lowest BCUT2D eigenvalue weighted by Crippen LogP contribution is -2.02. The van der Waals surface area contributed by atoms with Gasteiger partial charge in [-0.25, -0.2) is 9.36 Å². The molecule has 1 aromatic rings. The molecule has 0 saturated carbocycles. The second-order valence-corrected chi connectivity index (χ2v) is 8.28. The van der Waals surface area contributed by atoms with Gasteiger partial charge in [0, 0.05) is 5.56 Å². The molecule has 0 heterocycles. The monoisotopic (exact) mass is 470 g/mol. The Bertz CT molecular complexity index is 600. The summed E-state index contributed by atoms with van der Waals surface area (Å²) < 4.78 is 33.3. The molecule has 9 heteroatoms. The molecule has 0 saturated heterocycles. The van der Waals surface area contributed by atoms with E-state index in [1.165, 1.54) is 7.11 Å². The van der Waals surface area contributed by atoms with Crippen LogP contribution in [0.4, 0.5) is 0 Å². The van der Waals surface area contributed by atoms with Crippen LogP contribution < -0.4 is 0 Å². The van der Waals surface area contributed by atoms with Crippen molar-refractivity contribution in [3.05, 3.63) is 38.8 Å². The maximum absolute atomic E-state index is 12.5. The fourth-order valence-electron chi connectivity index (χ4n) is 1.59. The maximum Gasteiger partial charge on any atom is 0.530 e. The smallest absolute Gasteiger partial charge is 0.465 e. The normalized spacial score (nSPS) is 11.0. The quantitative estimate of drug-likeness (QED) is 0.299. The van der Waals surface area contributed by atoms with Gasteiger partial charge in [-0.2, -0.15) is 0 Å². The molecule has 1 rings (SSSR count). The molecule has 6 nitrogen and oxygen atoms in total. The van der Waals surface area contributed by atoms with Crippen LogP contribution in [0.1, 0.15) is 29.8 Å². The molecule has 23 heavy (non-hydrogen) atoms. The second kappa shape index (κ2) is 9.59. The standard InChI is InChI=1S/C14H17Br2O6P/c1-4-20-23(18,21-5-2)22-12(13(15)16)10-6-8-11(9-7-10)14(17)19-3/h6-9H,4-5H2,1-3H3. The van der Waals surface area contributed by atoms with Crippen LogP contribution in [-0.4, -0.2) is 26.3 Å². The number of carbonyl (C=O) groups is 1. The topological polar surface area (TPSA) is 71.1 Å². The summed E-state index contributed by atoms with van der Waals surface area (Å²) in [6, 6.07) is 6.40. The summed E-state index contributed by atoms with van der Waals surface area (Å²) >= 11 is 6.48. The van der Waals surface area contributed by atoms with Crippen LogP contribution in [0, 0.1) is 0 Å². The minimum atomic E-state index is -3.74. The molecule has 0 spiro atoms. The van der Waals surface area contributed by atoms with Gasteiger partial charge < -0.3 is 9.26 Å². The van der Waals surface area contributed by atoms with Crippen LogP contribution in [0.15, 0.2) is 27.7 Å². The zero-order valence-corrected chi connectivity index (χ0v) is 16.9. The molecule has 0 aliphatic carbocycles. The molecule has 0 unspecified atom stereocenters. The van der Waals surface area contributed by atoms with Gasteiger partial charge in [-0.1, -0.05) is 12.1 Å². The number of phosphoric acid groups is 1. The van der Waals surface area contributed by atoms with Gasteiger partial charge in [0.15, 0.2) is 5.76 Å². The van der Waals surface area contributed by atoms with Crippen LogP contribution in [0.2, 0.25) is 0 Å². The number of hydrogen-bond donors (Lipinski definition) is 0. The number of methoxy groups -OCH3 is 1. The number of phosphoric ester groups is 1. The van der Waals surface area contributed by atoms with E-state index in [0.29, 0.717) is 14.5 Å². The Morgan fingerprint density at radius 1 is 1.04 bits per heavy atom. The van der Waals surface area contributed by atoms with Crippen molar-refractivity contribution in [2.45, 2.75) is 13.8 Å². The van der Waals surface area contributed by atoms with Gasteiger partial charge in [-0.3, -0.25) is 9.05 Å². The van der Waals surface area contributed by atoms with E-state index >= 15 is 0 Å². The zero-order valence-electron chi connectivity index (χ0n) is 12.9. The Balaban J connectivity index is 3.11. The fraction of sp³-hybridized carbons (Fsp3) is 0.357. The predicted molar refractivity (Wildman–Crippen MR) is 94.5 cm³/mol. The van der Waals surface area contributed by atoms with Crippen LogP contribution >= 0.6 is 39.7 Å². The molecule has 0 bridgehead atoms. The van der Waals surface area contributed by atoms with Crippen molar-refractivity contribution < 1.29 is 27.7 Å². The van der Waals surface area contributed by atoms with Crippen molar-refractivity contribution in [2.75, 3.05) is 20.3 Å². The number of halogens is 2. The van der Waals surface area contributed by atoms with E-state index < -0.39 is 13.8 Å². The molecule has 0 aliphatic heterocycles. The van der Waals surface area contributed by atoms with Crippen LogP contribution in [-0.2, 0) is 22.9 Å². The first-order valence-corrected chi connectivity index (χ1v) is 9.74. The highest BCUT2D eigenvalue weighted by Crippen LogP contribution is 2.54. The molecule has 0 fully saturated rings. The fourth-order valence-corrected chi connectivity index (χ4v) is 3.69. The van der Waals surface area contributed by atoms with Crippen molar-refractivity contribution in [1.82, 2.24) is 0 Å². The van der Waals surface area contributed by atoms with E-state index in [4.69, 9.17) is 13.6 Å². The van der Waals surface area contributed by atoms with Crippen molar-refractivity contribution in [3.8, 4) is 0 Å². The first kappa shape index (κ1) is 20.4. The predicted octanol–water partition coefficient (Wildman–Crippen LogP) is 5.09. The van der Waals surface area contributed by atoms with E-state index in [1.54, 1.807) is 38.1 Å². The third-order valence-corrected chi connectivity index (χ3v) is 4.79. The number of carbonyl (C=O) groups excluding carboxylic acids is 1. The van der Waals surface area contributed by atoms with Crippen LogP contribution in [0.25, 0.3) is 5.76 Å². The van der Waals surface area contributed by atoms with Crippen molar-refractivity contribution in [3.63, 3.8) is 0 Å². The number of esters is 1. The maximum atomic E-state index is 12.5. The van der Waals surface area contributed by atoms with Gasteiger partial charge in [0.25, 0.3) is 0 Å². The zero-order chi connectivity index (χ0) is 17.5. The highest BCUT2D eigenvalue weighted by molar-refractivity contribution is 9.28. The molecule has 128 valence electrons. The molecule has 0 radical (unpaired) electrons. The Kier molecular flexibility index (Phi) is 8.50.